The lowest BCUT2D eigenvalue weighted by Crippen LogP contribution is -2.16. The Kier molecular flexibility index (Phi) is 8.40. The molecule has 230 valence electrons. The van der Waals surface area contributed by atoms with Crippen LogP contribution in [0.25, 0.3) is 23.2 Å². The topological polar surface area (TPSA) is 103 Å². The number of carbonyl (C=O) groups is 1. The summed E-state index contributed by atoms with van der Waals surface area (Å²) in [5, 5.41) is 15.7. The molecule has 1 unspecified atom stereocenters. The monoisotopic (exact) mass is 608 g/mol. The maximum atomic E-state index is 12.5. The van der Waals surface area contributed by atoms with Crippen LogP contribution < -0.4 is 10.5 Å². The third kappa shape index (κ3) is 6.40. The van der Waals surface area contributed by atoms with Gasteiger partial charge in [-0.2, -0.15) is 5.10 Å². The molecule has 0 amide bonds. The molecule has 0 aliphatic rings. The van der Waals surface area contributed by atoms with Gasteiger partial charge < -0.3 is 15.6 Å². The van der Waals surface area contributed by atoms with Crippen LogP contribution in [0, 0.1) is 27.7 Å². The molecule has 4 aromatic carbocycles. The molecule has 0 saturated heterocycles. The number of aryl methyl sites for hydroxylation is 3. The fraction of sp³-hybridized carbons (Fsp3) is 0.154. The Morgan fingerprint density at radius 3 is 2.26 bits per heavy atom. The van der Waals surface area contributed by atoms with Crippen LogP contribution in [0.15, 0.2) is 97.1 Å². The van der Waals surface area contributed by atoms with Gasteiger partial charge in [0.15, 0.2) is 5.65 Å². The highest BCUT2D eigenvalue weighted by molar-refractivity contribution is 6.03. The van der Waals surface area contributed by atoms with E-state index in [0.717, 1.165) is 28.2 Å². The van der Waals surface area contributed by atoms with Crippen LogP contribution in [0.4, 0.5) is 5.69 Å². The molecule has 0 fully saturated rings. The number of nitrogen functional groups attached to an aromatic ring is 1. The largest absolute Gasteiger partial charge is 0.478 e. The molecule has 0 bridgehead atoms. The minimum Gasteiger partial charge on any atom is -0.478 e. The maximum Gasteiger partial charge on any atom is 0.336 e. The number of aromatic nitrogens is 3. The number of aromatic carboxylic acids is 1. The quantitative estimate of drug-likeness (QED) is 0.159. The number of pyridine rings is 1. The fourth-order valence-corrected chi connectivity index (χ4v) is 5.79. The Morgan fingerprint density at radius 2 is 1.59 bits per heavy atom. The number of hydrogen-bond acceptors (Lipinski definition) is 5. The predicted octanol–water partition coefficient (Wildman–Crippen LogP) is 8.74. The molecule has 0 aliphatic heterocycles. The van der Waals surface area contributed by atoms with Crippen LogP contribution in [-0.4, -0.2) is 25.8 Å². The van der Waals surface area contributed by atoms with Gasteiger partial charge in [0.1, 0.15) is 11.5 Å². The molecule has 3 N–H and O–H groups in total. The Morgan fingerprint density at radius 1 is 0.870 bits per heavy atom. The van der Waals surface area contributed by atoms with Gasteiger partial charge in [0, 0.05) is 5.69 Å². The van der Waals surface area contributed by atoms with E-state index in [1.807, 2.05) is 115 Å². The van der Waals surface area contributed by atoms with E-state index in [1.54, 1.807) is 6.07 Å². The van der Waals surface area contributed by atoms with Gasteiger partial charge in [0.05, 0.1) is 28.4 Å². The van der Waals surface area contributed by atoms with E-state index in [2.05, 4.69) is 20.8 Å². The normalized spacial score (nSPS) is 12.1. The van der Waals surface area contributed by atoms with Gasteiger partial charge in [-0.25, -0.2) is 14.5 Å². The van der Waals surface area contributed by atoms with E-state index in [9.17, 15) is 9.90 Å². The third-order valence-corrected chi connectivity index (χ3v) is 8.41. The molecule has 0 saturated carbocycles. The first-order chi connectivity index (χ1) is 22.2. The summed E-state index contributed by atoms with van der Waals surface area (Å²) in [6, 6.07) is 31.0. The molecular weight excluding hydrogens is 572 g/mol. The van der Waals surface area contributed by atoms with E-state index >= 15 is 0 Å². The average Bonchev–Trinajstić information content (AvgIpc) is 3.37. The summed E-state index contributed by atoms with van der Waals surface area (Å²) in [5.41, 5.74) is 15.2. The Balaban J connectivity index is 1.44. The number of hydrogen-bond donors (Lipinski definition) is 2. The Bertz CT molecular complexity index is 2060. The molecular formula is C39H36N4O3. The zero-order valence-corrected chi connectivity index (χ0v) is 26.4. The van der Waals surface area contributed by atoms with Crippen molar-refractivity contribution < 1.29 is 14.6 Å². The van der Waals surface area contributed by atoms with Crippen LogP contribution in [0.3, 0.4) is 0 Å². The van der Waals surface area contributed by atoms with Crippen LogP contribution in [-0.2, 0) is 6.42 Å². The highest BCUT2D eigenvalue weighted by atomic mass is 16.5. The van der Waals surface area contributed by atoms with E-state index < -0.39 is 5.97 Å². The lowest BCUT2D eigenvalue weighted by atomic mass is 9.98. The van der Waals surface area contributed by atoms with Gasteiger partial charge in [0.25, 0.3) is 0 Å². The minimum atomic E-state index is -1.03. The van der Waals surface area contributed by atoms with E-state index in [-0.39, 0.29) is 11.6 Å². The van der Waals surface area contributed by atoms with Crippen molar-refractivity contribution in [2.75, 3.05) is 5.73 Å². The standard InChI is InChI=1S/C39H36N4O3/c1-24-19-34(20-25(2)26(24)3)46-33-17-14-30(15-18-33)36(22-29-11-8-12-31(40)21-29)43-38-37(27(4)42-43)35(39(44)45)23-32(41-38)16-13-28-9-6-5-7-10-28/h5-21,23,36H,22,40H2,1-4H3,(H,44,45)/b16-13+. The second-order valence-corrected chi connectivity index (χ2v) is 11.7. The summed E-state index contributed by atoms with van der Waals surface area (Å²) < 4.78 is 8.09. The molecule has 7 nitrogen and oxygen atoms in total. The van der Waals surface area contributed by atoms with Crippen LogP contribution in [0.5, 0.6) is 11.5 Å². The maximum absolute atomic E-state index is 12.5. The van der Waals surface area contributed by atoms with Gasteiger partial charge in [-0.3, -0.25) is 0 Å². The number of ether oxygens (including phenoxy) is 1. The van der Waals surface area contributed by atoms with Crippen molar-refractivity contribution in [3.63, 3.8) is 0 Å². The number of nitrogens with two attached hydrogens (primary N) is 1. The summed E-state index contributed by atoms with van der Waals surface area (Å²) in [5.74, 6) is 0.481. The summed E-state index contributed by atoms with van der Waals surface area (Å²) in [6.07, 6.45) is 4.32. The first kappa shape index (κ1) is 30.3. The number of carboxylic acids is 1. The zero-order chi connectivity index (χ0) is 32.4. The lowest BCUT2D eigenvalue weighted by Gasteiger charge is -2.20. The van der Waals surface area contributed by atoms with Crippen molar-refractivity contribution in [2.24, 2.45) is 0 Å². The zero-order valence-electron chi connectivity index (χ0n) is 26.4. The molecule has 0 spiro atoms. The molecule has 7 heteroatoms. The SMILES string of the molecule is Cc1cc(Oc2ccc(C(Cc3cccc(N)c3)n3nc(C)c4c(C(=O)O)cc(/C=C/c5ccccc5)nc43)cc2)cc(C)c1C. The van der Waals surface area contributed by atoms with Gasteiger partial charge in [-0.1, -0.05) is 60.7 Å². The van der Waals surface area contributed by atoms with Crippen molar-refractivity contribution >= 4 is 34.8 Å². The van der Waals surface area contributed by atoms with Gasteiger partial charge >= 0.3 is 5.97 Å². The van der Waals surface area contributed by atoms with E-state index in [0.29, 0.717) is 34.5 Å². The average molecular weight is 609 g/mol. The number of benzene rings is 4. The van der Waals surface area contributed by atoms with Crippen molar-refractivity contribution in [3.05, 3.63) is 147 Å². The minimum absolute atomic E-state index is 0.164. The molecule has 6 aromatic rings. The summed E-state index contributed by atoms with van der Waals surface area (Å²) in [4.78, 5) is 17.5. The van der Waals surface area contributed by atoms with Gasteiger partial charge in [0.2, 0.25) is 0 Å². The van der Waals surface area contributed by atoms with Crippen LogP contribution in [0.1, 0.15) is 61.2 Å². The van der Waals surface area contributed by atoms with Gasteiger partial charge in [-0.05, 0) is 116 Å². The number of carboxylic acid groups (broad SMARTS) is 1. The van der Waals surface area contributed by atoms with E-state index in [4.69, 9.17) is 20.6 Å². The molecule has 2 aromatic heterocycles. The van der Waals surface area contributed by atoms with Crippen LogP contribution in [0.2, 0.25) is 0 Å². The first-order valence-electron chi connectivity index (χ1n) is 15.2. The molecule has 1 atom stereocenters. The Hall–Kier alpha value is -5.69. The molecule has 46 heavy (non-hydrogen) atoms. The predicted molar refractivity (Wildman–Crippen MR) is 184 cm³/mol. The lowest BCUT2D eigenvalue weighted by molar-refractivity contribution is 0.0699. The van der Waals surface area contributed by atoms with Crippen LogP contribution >= 0.6 is 0 Å². The second kappa shape index (κ2) is 12.7. The molecule has 0 aliphatic carbocycles. The molecule has 6 rings (SSSR count). The fourth-order valence-electron chi connectivity index (χ4n) is 5.79. The number of nitrogens with zero attached hydrogens (tertiary/aromatic N) is 3. The summed E-state index contributed by atoms with van der Waals surface area (Å²) in [6.45, 7) is 8.11. The number of rotatable bonds is 9. The van der Waals surface area contributed by atoms with E-state index in [1.165, 1.54) is 16.7 Å². The molecule has 0 radical (unpaired) electrons. The number of fused-ring (bicyclic) bond motifs is 1. The van der Waals surface area contributed by atoms with Crippen molar-refractivity contribution in [1.82, 2.24) is 14.8 Å². The van der Waals surface area contributed by atoms with Crippen molar-refractivity contribution in [2.45, 2.75) is 40.2 Å². The highest BCUT2D eigenvalue weighted by Crippen LogP contribution is 2.33. The van der Waals surface area contributed by atoms with Gasteiger partial charge in [-0.15, -0.1) is 0 Å². The smallest absolute Gasteiger partial charge is 0.336 e. The van der Waals surface area contributed by atoms with Crippen molar-refractivity contribution in [3.8, 4) is 11.5 Å². The Labute approximate surface area is 268 Å². The number of anilines is 1. The summed E-state index contributed by atoms with van der Waals surface area (Å²) in [7, 11) is 0. The van der Waals surface area contributed by atoms with Crippen molar-refractivity contribution in [1.29, 1.82) is 0 Å². The molecule has 2 heterocycles. The highest BCUT2D eigenvalue weighted by Gasteiger charge is 2.24. The first-order valence-corrected chi connectivity index (χ1v) is 15.2. The summed E-state index contributed by atoms with van der Waals surface area (Å²) >= 11 is 0. The third-order valence-electron chi connectivity index (χ3n) is 8.41. The second-order valence-electron chi connectivity index (χ2n) is 11.7.